The minimum atomic E-state index is -0.325. The molecule has 126 valence electrons. The smallest absolute Gasteiger partial charge is 0.227 e. The van der Waals surface area contributed by atoms with E-state index >= 15 is 0 Å². The fourth-order valence-electron chi connectivity index (χ4n) is 2.08. The highest BCUT2D eigenvalue weighted by Crippen LogP contribution is 2.24. The molecule has 2 aromatic rings. The summed E-state index contributed by atoms with van der Waals surface area (Å²) in [5.74, 6) is -0.458. The van der Waals surface area contributed by atoms with Crippen molar-refractivity contribution in [3.8, 4) is 0 Å². The van der Waals surface area contributed by atoms with Gasteiger partial charge in [-0.3, -0.25) is 9.78 Å². The van der Waals surface area contributed by atoms with Crippen LogP contribution in [0.5, 0.6) is 0 Å². The molecule has 0 saturated heterocycles. The number of pyridine rings is 1. The predicted octanol–water partition coefficient (Wildman–Crippen LogP) is 4.40. The highest BCUT2D eigenvalue weighted by Gasteiger charge is 2.18. The first-order valence-electron chi connectivity index (χ1n) is 7.27. The first-order valence-corrected chi connectivity index (χ1v) is 8.03. The van der Waals surface area contributed by atoms with Gasteiger partial charge in [0.1, 0.15) is 7.11 Å². The molecule has 1 N–H and O–H groups in total. The van der Waals surface area contributed by atoms with E-state index in [4.69, 9.17) is 28.0 Å². The van der Waals surface area contributed by atoms with E-state index in [2.05, 4.69) is 15.5 Å². The number of anilines is 1. The fraction of sp³-hybridized carbons (Fsp3) is 0.235. The Morgan fingerprint density at radius 2 is 2.12 bits per heavy atom. The van der Waals surface area contributed by atoms with Crippen molar-refractivity contribution in [3.63, 3.8) is 0 Å². The number of carbonyl (C=O) groups excluding carboxylic acids is 1. The van der Waals surface area contributed by atoms with Crippen molar-refractivity contribution < 1.29 is 9.63 Å². The number of benzene rings is 1. The molecule has 1 unspecified atom stereocenters. The zero-order chi connectivity index (χ0) is 17.5. The third kappa shape index (κ3) is 4.94. The van der Waals surface area contributed by atoms with Gasteiger partial charge in [0.2, 0.25) is 5.91 Å². The van der Waals surface area contributed by atoms with E-state index in [1.807, 2.05) is 6.92 Å². The topological polar surface area (TPSA) is 63.6 Å². The van der Waals surface area contributed by atoms with Gasteiger partial charge in [0.05, 0.1) is 27.6 Å². The standard InChI is InChI=1S/C17H17Cl2N3O2/c1-11(17(23)21-13-4-3-7-20-10-13)8-16(22-24-2)12-5-6-14(18)15(19)9-12/h3-7,9-11H,8H2,1-2H3,(H,21,23). The number of amides is 1. The summed E-state index contributed by atoms with van der Waals surface area (Å²) in [6.45, 7) is 1.81. The lowest BCUT2D eigenvalue weighted by molar-refractivity contribution is -0.119. The molecule has 1 aromatic carbocycles. The molecule has 2 rings (SSSR count). The van der Waals surface area contributed by atoms with E-state index in [1.165, 1.54) is 7.11 Å². The number of hydrogen-bond donors (Lipinski definition) is 1. The average molecular weight is 366 g/mol. The molecule has 0 fully saturated rings. The molecule has 7 heteroatoms. The molecule has 1 aromatic heterocycles. The average Bonchev–Trinajstić information content (AvgIpc) is 2.57. The highest BCUT2D eigenvalue weighted by atomic mass is 35.5. The van der Waals surface area contributed by atoms with E-state index in [1.54, 1.807) is 42.7 Å². The van der Waals surface area contributed by atoms with Crippen molar-refractivity contribution >= 4 is 40.5 Å². The first-order chi connectivity index (χ1) is 11.5. The first kappa shape index (κ1) is 18.2. The molecule has 0 saturated carbocycles. The van der Waals surface area contributed by atoms with Gasteiger partial charge in [0.15, 0.2) is 0 Å². The normalized spacial score (nSPS) is 12.6. The van der Waals surface area contributed by atoms with Crippen LogP contribution in [0, 0.1) is 5.92 Å². The molecule has 5 nitrogen and oxygen atoms in total. The van der Waals surface area contributed by atoms with Crippen LogP contribution in [0.3, 0.4) is 0 Å². The molecule has 1 atom stereocenters. The van der Waals surface area contributed by atoms with Gasteiger partial charge < -0.3 is 10.2 Å². The maximum Gasteiger partial charge on any atom is 0.227 e. The van der Waals surface area contributed by atoms with Crippen LogP contribution in [0.4, 0.5) is 5.69 Å². The van der Waals surface area contributed by atoms with E-state index < -0.39 is 0 Å². The monoisotopic (exact) mass is 365 g/mol. The Hall–Kier alpha value is -2.11. The van der Waals surface area contributed by atoms with Crippen LogP contribution in [-0.2, 0) is 9.63 Å². The summed E-state index contributed by atoms with van der Waals surface area (Å²) in [6, 6.07) is 8.71. The van der Waals surface area contributed by atoms with Gasteiger partial charge in [-0.1, -0.05) is 41.3 Å². The molecular formula is C17H17Cl2N3O2. The second-order valence-corrected chi connectivity index (χ2v) is 6.00. The second-order valence-electron chi connectivity index (χ2n) is 5.19. The fourth-order valence-corrected chi connectivity index (χ4v) is 2.38. The highest BCUT2D eigenvalue weighted by molar-refractivity contribution is 6.42. The maximum atomic E-state index is 12.3. The number of halogens is 2. The summed E-state index contributed by atoms with van der Waals surface area (Å²) in [5.41, 5.74) is 2.02. The van der Waals surface area contributed by atoms with Crippen molar-refractivity contribution in [1.82, 2.24) is 4.98 Å². The molecule has 0 aliphatic carbocycles. The van der Waals surface area contributed by atoms with Crippen molar-refractivity contribution in [2.24, 2.45) is 11.1 Å². The molecule has 1 amide bonds. The van der Waals surface area contributed by atoms with Gasteiger partial charge in [0.25, 0.3) is 0 Å². The number of nitrogens with one attached hydrogen (secondary N) is 1. The number of carbonyl (C=O) groups is 1. The molecule has 0 spiro atoms. The third-order valence-electron chi connectivity index (χ3n) is 3.33. The van der Waals surface area contributed by atoms with Crippen LogP contribution in [0.1, 0.15) is 18.9 Å². The van der Waals surface area contributed by atoms with Crippen LogP contribution in [0.2, 0.25) is 10.0 Å². The van der Waals surface area contributed by atoms with Crippen molar-refractivity contribution in [2.75, 3.05) is 12.4 Å². The quantitative estimate of drug-likeness (QED) is 0.609. The summed E-state index contributed by atoms with van der Waals surface area (Å²) in [6.07, 6.45) is 3.62. The van der Waals surface area contributed by atoms with Crippen LogP contribution in [0.25, 0.3) is 0 Å². The number of aromatic nitrogens is 1. The number of oxime groups is 1. The second kappa shape index (κ2) is 8.66. The zero-order valence-electron chi connectivity index (χ0n) is 13.3. The Balaban J connectivity index is 2.10. The summed E-state index contributed by atoms with van der Waals surface area (Å²) in [4.78, 5) is 21.2. The third-order valence-corrected chi connectivity index (χ3v) is 4.07. The molecule has 0 bridgehead atoms. The number of hydrogen-bond acceptors (Lipinski definition) is 4. The molecular weight excluding hydrogens is 349 g/mol. The number of nitrogens with zero attached hydrogens (tertiary/aromatic N) is 2. The van der Waals surface area contributed by atoms with E-state index in [9.17, 15) is 4.79 Å². The Bertz CT molecular complexity index is 736. The minimum absolute atomic E-state index is 0.133. The van der Waals surface area contributed by atoms with Gasteiger partial charge in [-0.05, 0) is 24.3 Å². The van der Waals surface area contributed by atoms with Crippen molar-refractivity contribution in [3.05, 3.63) is 58.3 Å². The molecule has 0 radical (unpaired) electrons. The van der Waals surface area contributed by atoms with Crippen LogP contribution < -0.4 is 5.32 Å². The molecule has 1 heterocycles. The zero-order valence-corrected chi connectivity index (χ0v) is 14.8. The summed E-state index contributed by atoms with van der Waals surface area (Å²) >= 11 is 12.0. The van der Waals surface area contributed by atoms with Gasteiger partial charge in [-0.2, -0.15) is 0 Å². The van der Waals surface area contributed by atoms with Crippen molar-refractivity contribution in [1.29, 1.82) is 0 Å². The summed E-state index contributed by atoms with van der Waals surface area (Å²) in [5, 5.41) is 7.71. The lowest BCUT2D eigenvalue weighted by atomic mass is 9.98. The Labute approximate surface area is 150 Å². The minimum Gasteiger partial charge on any atom is -0.399 e. The van der Waals surface area contributed by atoms with Crippen LogP contribution >= 0.6 is 23.2 Å². The molecule has 0 aliphatic rings. The Morgan fingerprint density at radius 1 is 1.33 bits per heavy atom. The SMILES string of the molecule is CON=C(CC(C)C(=O)Nc1cccnc1)c1ccc(Cl)c(Cl)c1. The number of rotatable bonds is 6. The van der Waals surface area contributed by atoms with Crippen LogP contribution in [0.15, 0.2) is 47.9 Å². The lowest BCUT2D eigenvalue weighted by Crippen LogP contribution is -2.23. The van der Waals surface area contributed by atoms with Gasteiger partial charge in [-0.25, -0.2) is 0 Å². The van der Waals surface area contributed by atoms with E-state index in [0.29, 0.717) is 27.9 Å². The summed E-state index contributed by atoms with van der Waals surface area (Å²) in [7, 11) is 1.46. The van der Waals surface area contributed by atoms with Crippen molar-refractivity contribution in [2.45, 2.75) is 13.3 Å². The largest absolute Gasteiger partial charge is 0.399 e. The van der Waals surface area contributed by atoms with Gasteiger partial charge >= 0.3 is 0 Å². The van der Waals surface area contributed by atoms with E-state index in [0.717, 1.165) is 5.56 Å². The molecule has 24 heavy (non-hydrogen) atoms. The Kier molecular flexibility index (Phi) is 6.58. The molecule has 0 aliphatic heterocycles. The van der Waals surface area contributed by atoms with Gasteiger partial charge in [0, 0.05) is 24.1 Å². The summed E-state index contributed by atoms with van der Waals surface area (Å²) < 4.78 is 0. The lowest BCUT2D eigenvalue weighted by Gasteiger charge is -2.14. The Morgan fingerprint density at radius 3 is 2.75 bits per heavy atom. The van der Waals surface area contributed by atoms with E-state index in [-0.39, 0.29) is 11.8 Å². The predicted molar refractivity (Wildman–Crippen MR) is 96.7 cm³/mol. The maximum absolute atomic E-state index is 12.3. The van der Waals surface area contributed by atoms with Crippen LogP contribution in [-0.4, -0.2) is 23.7 Å². The van der Waals surface area contributed by atoms with Gasteiger partial charge in [-0.15, -0.1) is 0 Å².